The van der Waals surface area contributed by atoms with Crippen molar-refractivity contribution in [2.45, 2.75) is 89.5 Å². The highest BCUT2D eigenvalue weighted by Gasteiger charge is 2.37. The lowest BCUT2D eigenvalue weighted by molar-refractivity contribution is -0.123. The molecule has 1 aliphatic heterocycles. The number of nitrogens with one attached hydrogen (secondary N) is 1. The molecule has 0 unspecified atom stereocenters. The maximum atomic E-state index is 12.6. The summed E-state index contributed by atoms with van der Waals surface area (Å²) in [5.74, 6) is 1.82. The van der Waals surface area contributed by atoms with Crippen molar-refractivity contribution >= 4 is 5.91 Å². The standard InChI is InChI=1S/C23H35NO3/c1-2-3-4-5-6-7-8-11-22(25)24-23(14-9-10-15-23)19-12-13-20-21(18-19)27-17-16-26-20/h12-13,18H,2-11,14-17H2,1H3,(H,24,25). The van der Waals surface area contributed by atoms with Gasteiger partial charge in [-0.3, -0.25) is 4.79 Å². The topological polar surface area (TPSA) is 47.6 Å². The van der Waals surface area contributed by atoms with Crippen molar-refractivity contribution in [1.29, 1.82) is 0 Å². The van der Waals surface area contributed by atoms with Gasteiger partial charge in [0.05, 0.1) is 5.54 Å². The Kier molecular flexibility index (Phi) is 7.42. The van der Waals surface area contributed by atoms with Gasteiger partial charge in [-0.25, -0.2) is 0 Å². The third-order valence-corrected chi connectivity index (χ3v) is 5.94. The molecular formula is C23H35NO3. The molecule has 1 fully saturated rings. The van der Waals surface area contributed by atoms with Gasteiger partial charge in [0.1, 0.15) is 13.2 Å². The monoisotopic (exact) mass is 373 g/mol. The zero-order valence-corrected chi connectivity index (χ0v) is 16.9. The average molecular weight is 374 g/mol. The number of hydrogen-bond donors (Lipinski definition) is 1. The van der Waals surface area contributed by atoms with Crippen LogP contribution in [0.3, 0.4) is 0 Å². The largest absolute Gasteiger partial charge is 0.486 e. The van der Waals surface area contributed by atoms with E-state index in [2.05, 4.69) is 24.4 Å². The van der Waals surface area contributed by atoms with E-state index >= 15 is 0 Å². The van der Waals surface area contributed by atoms with Crippen LogP contribution in [0.1, 0.15) is 89.5 Å². The molecule has 3 rings (SSSR count). The van der Waals surface area contributed by atoms with Crippen LogP contribution >= 0.6 is 0 Å². The van der Waals surface area contributed by atoms with Crippen molar-refractivity contribution in [3.8, 4) is 11.5 Å². The van der Waals surface area contributed by atoms with Crippen molar-refractivity contribution < 1.29 is 14.3 Å². The number of hydrogen-bond acceptors (Lipinski definition) is 3. The molecular weight excluding hydrogens is 338 g/mol. The summed E-state index contributed by atoms with van der Waals surface area (Å²) >= 11 is 0. The van der Waals surface area contributed by atoms with Crippen LogP contribution in [0.4, 0.5) is 0 Å². The molecule has 1 amide bonds. The van der Waals surface area contributed by atoms with E-state index in [0.717, 1.165) is 55.6 Å². The smallest absolute Gasteiger partial charge is 0.220 e. The Morgan fingerprint density at radius 2 is 1.63 bits per heavy atom. The summed E-state index contributed by atoms with van der Waals surface area (Å²) in [4.78, 5) is 12.6. The molecule has 1 heterocycles. The van der Waals surface area contributed by atoms with Crippen LogP contribution in [0.2, 0.25) is 0 Å². The fourth-order valence-electron chi connectivity index (χ4n) is 4.38. The minimum atomic E-state index is -0.228. The van der Waals surface area contributed by atoms with Crippen LogP contribution in [-0.2, 0) is 10.3 Å². The summed E-state index contributed by atoms with van der Waals surface area (Å²) in [5.41, 5.74) is 0.936. The molecule has 0 atom stereocenters. The second kappa shape index (κ2) is 10.0. The maximum absolute atomic E-state index is 12.6. The van der Waals surface area contributed by atoms with Crippen molar-refractivity contribution in [3.05, 3.63) is 23.8 Å². The molecule has 1 aromatic rings. The van der Waals surface area contributed by atoms with Gasteiger partial charge in [0.15, 0.2) is 11.5 Å². The van der Waals surface area contributed by atoms with Gasteiger partial charge >= 0.3 is 0 Å². The molecule has 4 nitrogen and oxygen atoms in total. The lowest BCUT2D eigenvalue weighted by Gasteiger charge is -2.32. The zero-order chi connectivity index (χ0) is 19.0. The highest BCUT2D eigenvalue weighted by atomic mass is 16.6. The Bertz CT molecular complexity index is 608. The van der Waals surface area contributed by atoms with E-state index in [1.165, 1.54) is 32.1 Å². The van der Waals surface area contributed by atoms with Gasteiger partial charge in [0.2, 0.25) is 5.91 Å². The first-order chi connectivity index (χ1) is 13.2. The van der Waals surface area contributed by atoms with Crippen LogP contribution in [0.15, 0.2) is 18.2 Å². The van der Waals surface area contributed by atoms with Gasteiger partial charge in [-0.2, -0.15) is 0 Å². The second-order valence-electron chi connectivity index (χ2n) is 8.07. The van der Waals surface area contributed by atoms with E-state index in [-0.39, 0.29) is 11.4 Å². The summed E-state index contributed by atoms with van der Waals surface area (Å²) in [6.07, 6.45) is 13.6. The lowest BCUT2D eigenvalue weighted by atomic mass is 9.87. The van der Waals surface area contributed by atoms with Gasteiger partial charge in [-0.15, -0.1) is 0 Å². The molecule has 1 aromatic carbocycles. The van der Waals surface area contributed by atoms with E-state index in [1.54, 1.807) is 0 Å². The van der Waals surface area contributed by atoms with Crippen molar-refractivity contribution in [1.82, 2.24) is 5.32 Å². The summed E-state index contributed by atoms with van der Waals surface area (Å²) < 4.78 is 11.4. The average Bonchev–Trinajstić information content (AvgIpc) is 3.16. The Hall–Kier alpha value is -1.71. The van der Waals surface area contributed by atoms with E-state index in [9.17, 15) is 4.79 Å². The summed E-state index contributed by atoms with van der Waals surface area (Å²) in [6.45, 7) is 3.44. The SMILES string of the molecule is CCCCCCCCCC(=O)NC1(c2ccc3c(c2)OCCO3)CCCC1. The quantitative estimate of drug-likeness (QED) is 0.552. The van der Waals surface area contributed by atoms with Crippen molar-refractivity contribution in [3.63, 3.8) is 0 Å². The molecule has 2 aliphatic rings. The molecule has 0 spiro atoms. The van der Waals surface area contributed by atoms with Crippen LogP contribution in [-0.4, -0.2) is 19.1 Å². The summed E-state index contributed by atoms with van der Waals surface area (Å²) in [5, 5.41) is 3.39. The predicted molar refractivity (Wildman–Crippen MR) is 108 cm³/mol. The molecule has 0 radical (unpaired) electrons. The fourth-order valence-corrected chi connectivity index (χ4v) is 4.38. The Morgan fingerprint density at radius 1 is 0.963 bits per heavy atom. The fraction of sp³-hybridized carbons (Fsp3) is 0.696. The molecule has 1 N–H and O–H groups in total. The molecule has 27 heavy (non-hydrogen) atoms. The lowest BCUT2D eigenvalue weighted by Crippen LogP contribution is -2.43. The first-order valence-corrected chi connectivity index (χ1v) is 10.9. The summed E-state index contributed by atoms with van der Waals surface area (Å²) in [6, 6.07) is 6.17. The molecule has 0 bridgehead atoms. The third-order valence-electron chi connectivity index (χ3n) is 5.94. The molecule has 150 valence electrons. The minimum absolute atomic E-state index is 0.195. The predicted octanol–water partition coefficient (Wildman–Crippen LogP) is 5.48. The Labute approximate surface area is 164 Å². The number of unbranched alkanes of at least 4 members (excludes halogenated alkanes) is 6. The van der Waals surface area contributed by atoms with Gasteiger partial charge in [0, 0.05) is 6.42 Å². The van der Waals surface area contributed by atoms with E-state index in [1.807, 2.05) is 6.07 Å². The number of ether oxygens (including phenoxy) is 2. The summed E-state index contributed by atoms with van der Waals surface area (Å²) in [7, 11) is 0. The number of rotatable bonds is 10. The molecule has 4 heteroatoms. The van der Waals surface area contributed by atoms with Crippen molar-refractivity contribution in [2.24, 2.45) is 0 Å². The molecule has 1 aliphatic carbocycles. The van der Waals surface area contributed by atoms with E-state index < -0.39 is 0 Å². The normalized spacial score (nSPS) is 17.7. The molecule has 1 saturated carbocycles. The highest BCUT2D eigenvalue weighted by molar-refractivity contribution is 5.77. The Balaban J connectivity index is 1.53. The van der Waals surface area contributed by atoms with Crippen LogP contribution in [0.5, 0.6) is 11.5 Å². The number of benzene rings is 1. The van der Waals surface area contributed by atoms with Gasteiger partial charge < -0.3 is 14.8 Å². The van der Waals surface area contributed by atoms with Crippen LogP contribution in [0.25, 0.3) is 0 Å². The number of fused-ring (bicyclic) bond motifs is 1. The Morgan fingerprint density at radius 3 is 2.37 bits per heavy atom. The van der Waals surface area contributed by atoms with Gasteiger partial charge in [-0.05, 0) is 37.0 Å². The van der Waals surface area contributed by atoms with Gasteiger partial charge in [0.25, 0.3) is 0 Å². The van der Waals surface area contributed by atoms with E-state index in [0.29, 0.717) is 19.6 Å². The molecule has 0 aromatic heterocycles. The first-order valence-electron chi connectivity index (χ1n) is 10.9. The first kappa shape index (κ1) is 20.0. The second-order valence-corrected chi connectivity index (χ2v) is 8.07. The third kappa shape index (κ3) is 5.40. The van der Waals surface area contributed by atoms with Crippen LogP contribution in [0, 0.1) is 0 Å². The number of amides is 1. The minimum Gasteiger partial charge on any atom is -0.486 e. The molecule has 0 saturated heterocycles. The van der Waals surface area contributed by atoms with Crippen molar-refractivity contribution in [2.75, 3.05) is 13.2 Å². The zero-order valence-electron chi connectivity index (χ0n) is 16.9. The van der Waals surface area contributed by atoms with Gasteiger partial charge in [-0.1, -0.05) is 64.4 Å². The van der Waals surface area contributed by atoms with Crippen LogP contribution < -0.4 is 14.8 Å². The highest BCUT2D eigenvalue weighted by Crippen LogP contribution is 2.42. The maximum Gasteiger partial charge on any atom is 0.220 e. The number of carbonyl (C=O) groups is 1. The van der Waals surface area contributed by atoms with E-state index in [4.69, 9.17) is 9.47 Å². The number of carbonyl (C=O) groups excluding carboxylic acids is 1.